The van der Waals surface area contributed by atoms with E-state index in [0.29, 0.717) is 22.0 Å². The van der Waals surface area contributed by atoms with Gasteiger partial charge in [-0.05, 0) is 61.6 Å². The number of hydrogen-bond donors (Lipinski definition) is 0. The third-order valence-electron chi connectivity index (χ3n) is 4.10. The van der Waals surface area contributed by atoms with Crippen LogP contribution in [0.1, 0.15) is 40.8 Å². The van der Waals surface area contributed by atoms with Gasteiger partial charge in [0.2, 0.25) is 0 Å². The summed E-state index contributed by atoms with van der Waals surface area (Å²) in [5.74, 6) is 0.455. The van der Waals surface area contributed by atoms with E-state index in [2.05, 4.69) is 36.5 Å². The molecule has 1 aliphatic carbocycles. The summed E-state index contributed by atoms with van der Waals surface area (Å²) in [5.41, 5.74) is 2.75. The average Bonchev–Trinajstić information content (AvgIpc) is 2.89. The zero-order valence-electron chi connectivity index (χ0n) is 11.6. The van der Waals surface area contributed by atoms with Gasteiger partial charge in [-0.25, -0.2) is 0 Å². The minimum Gasteiger partial charge on any atom is -0.302 e. The molecule has 0 saturated heterocycles. The Morgan fingerprint density at radius 3 is 2.60 bits per heavy atom. The van der Waals surface area contributed by atoms with Crippen molar-refractivity contribution in [2.45, 2.75) is 24.8 Å². The maximum Gasteiger partial charge on any atom is 0.0595 e. The lowest BCUT2D eigenvalue weighted by molar-refractivity contribution is 0.264. The molecule has 0 N–H and O–H groups in total. The zero-order chi connectivity index (χ0) is 14.3. The molecule has 0 aliphatic heterocycles. The molecule has 20 heavy (non-hydrogen) atoms. The molecule has 0 amide bonds. The number of benzene rings is 1. The van der Waals surface area contributed by atoms with Crippen molar-refractivity contribution in [1.29, 1.82) is 0 Å². The molecule has 4 heteroatoms. The summed E-state index contributed by atoms with van der Waals surface area (Å²) in [7, 11) is 4.32. The SMILES string of the molecule is CN(C)C1CCC(c2ccc(Cl)c(Cl)c2)c2sccc21. The van der Waals surface area contributed by atoms with Crippen molar-refractivity contribution >= 4 is 34.5 Å². The highest BCUT2D eigenvalue weighted by Crippen LogP contribution is 2.46. The summed E-state index contributed by atoms with van der Waals surface area (Å²) in [5, 5.41) is 3.48. The molecule has 2 unspecified atom stereocenters. The molecule has 106 valence electrons. The van der Waals surface area contributed by atoms with Crippen molar-refractivity contribution in [3.63, 3.8) is 0 Å². The highest BCUT2D eigenvalue weighted by atomic mass is 35.5. The van der Waals surface area contributed by atoms with Gasteiger partial charge in [-0.3, -0.25) is 0 Å². The van der Waals surface area contributed by atoms with E-state index in [9.17, 15) is 0 Å². The highest BCUT2D eigenvalue weighted by molar-refractivity contribution is 7.10. The quantitative estimate of drug-likeness (QED) is 0.696. The van der Waals surface area contributed by atoms with E-state index in [0.717, 1.165) is 6.42 Å². The Hall–Kier alpha value is -0.540. The van der Waals surface area contributed by atoms with Gasteiger partial charge >= 0.3 is 0 Å². The molecule has 1 heterocycles. The van der Waals surface area contributed by atoms with Crippen LogP contribution in [0.25, 0.3) is 0 Å². The summed E-state index contributed by atoms with van der Waals surface area (Å²) in [6, 6.07) is 8.85. The molecule has 1 nitrogen and oxygen atoms in total. The number of halogens is 2. The second-order valence-electron chi connectivity index (χ2n) is 5.52. The minimum absolute atomic E-state index is 0.455. The molecule has 1 aromatic heterocycles. The smallest absolute Gasteiger partial charge is 0.0595 e. The molecule has 0 radical (unpaired) electrons. The molecular weight excluding hydrogens is 309 g/mol. The molecule has 2 aromatic rings. The average molecular weight is 326 g/mol. The van der Waals surface area contributed by atoms with Crippen molar-refractivity contribution in [3.05, 3.63) is 55.7 Å². The van der Waals surface area contributed by atoms with Gasteiger partial charge in [-0.15, -0.1) is 11.3 Å². The van der Waals surface area contributed by atoms with E-state index in [1.54, 1.807) is 0 Å². The normalized spacial score (nSPS) is 22.1. The molecular formula is C16H17Cl2NS. The highest BCUT2D eigenvalue weighted by Gasteiger charge is 2.30. The third-order valence-corrected chi connectivity index (χ3v) is 5.89. The van der Waals surface area contributed by atoms with Crippen LogP contribution in [0.2, 0.25) is 10.0 Å². The fourth-order valence-corrected chi connectivity index (χ4v) is 4.51. The van der Waals surface area contributed by atoms with Gasteiger partial charge in [0.05, 0.1) is 10.0 Å². The van der Waals surface area contributed by atoms with Gasteiger partial charge in [0.25, 0.3) is 0 Å². The van der Waals surface area contributed by atoms with E-state index in [4.69, 9.17) is 23.2 Å². The molecule has 0 spiro atoms. The molecule has 0 bridgehead atoms. The number of nitrogens with zero attached hydrogens (tertiary/aromatic N) is 1. The maximum absolute atomic E-state index is 6.18. The van der Waals surface area contributed by atoms with Crippen molar-refractivity contribution in [2.75, 3.05) is 14.1 Å². The van der Waals surface area contributed by atoms with Gasteiger partial charge in [-0.2, -0.15) is 0 Å². The lowest BCUT2D eigenvalue weighted by Crippen LogP contribution is -2.25. The maximum atomic E-state index is 6.18. The Morgan fingerprint density at radius 2 is 1.90 bits per heavy atom. The summed E-state index contributed by atoms with van der Waals surface area (Å²) in [4.78, 5) is 3.80. The predicted molar refractivity (Wildman–Crippen MR) is 88.3 cm³/mol. The summed E-state index contributed by atoms with van der Waals surface area (Å²) < 4.78 is 0. The Labute approximate surface area is 134 Å². The van der Waals surface area contributed by atoms with Crippen LogP contribution < -0.4 is 0 Å². The number of fused-ring (bicyclic) bond motifs is 1. The van der Waals surface area contributed by atoms with Crippen molar-refractivity contribution in [2.24, 2.45) is 0 Å². The van der Waals surface area contributed by atoms with Gasteiger partial charge < -0.3 is 4.90 Å². The first-order valence-electron chi connectivity index (χ1n) is 6.76. The number of hydrogen-bond acceptors (Lipinski definition) is 2. The summed E-state index contributed by atoms with van der Waals surface area (Å²) in [6.45, 7) is 0. The van der Waals surface area contributed by atoms with E-state index < -0.39 is 0 Å². The first kappa shape index (κ1) is 14.4. The van der Waals surface area contributed by atoms with Gasteiger partial charge in [0.1, 0.15) is 0 Å². The van der Waals surface area contributed by atoms with Gasteiger partial charge in [0.15, 0.2) is 0 Å². The fraction of sp³-hybridized carbons (Fsp3) is 0.375. The minimum atomic E-state index is 0.455. The Kier molecular flexibility index (Phi) is 4.09. The Bertz CT molecular complexity index is 621. The Morgan fingerprint density at radius 1 is 1.10 bits per heavy atom. The van der Waals surface area contributed by atoms with E-state index >= 15 is 0 Å². The third kappa shape index (κ3) is 2.50. The monoisotopic (exact) mass is 325 g/mol. The van der Waals surface area contributed by atoms with Crippen LogP contribution in [0.4, 0.5) is 0 Å². The second kappa shape index (κ2) is 5.69. The topological polar surface area (TPSA) is 3.24 Å². The molecule has 2 atom stereocenters. The van der Waals surface area contributed by atoms with E-state index in [1.807, 2.05) is 23.5 Å². The lowest BCUT2D eigenvalue weighted by Gasteiger charge is -2.33. The predicted octanol–water partition coefficient (Wildman–Crippen LogP) is 5.58. The largest absolute Gasteiger partial charge is 0.302 e. The molecule has 0 fully saturated rings. The van der Waals surface area contributed by atoms with E-state index in [-0.39, 0.29) is 0 Å². The molecule has 3 rings (SSSR count). The zero-order valence-corrected chi connectivity index (χ0v) is 13.9. The summed E-state index contributed by atoms with van der Waals surface area (Å²) in [6.07, 6.45) is 2.34. The Balaban J connectivity index is 2.00. The van der Waals surface area contributed by atoms with Crippen LogP contribution in [-0.4, -0.2) is 19.0 Å². The van der Waals surface area contributed by atoms with Gasteiger partial charge in [0, 0.05) is 16.8 Å². The molecule has 1 aliphatic rings. The van der Waals surface area contributed by atoms with Crippen LogP contribution in [0.3, 0.4) is 0 Å². The second-order valence-corrected chi connectivity index (χ2v) is 7.29. The number of thiophene rings is 1. The van der Waals surface area contributed by atoms with Crippen LogP contribution in [-0.2, 0) is 0 Å². The van der Waals surface area contributed by atoms with Gasteiger partial charge in [-0.1, -0.05) is 29.3 Å². The standard InChI is InChI=1S/C16H17Cl2NS/c1-19(2)15-6-4-11(16-12(15)7-8-20-16)10-3-5-13(17)14(18)9-10/h3,5,7-9,11,15H,4,6H2,1-2H3. The first-order valence-corrected chi connectivity index (χ1v) is 8.40. The van der Waals surface area contributed by atoms with Crippen LogP contribution in [0.5, 0.6) is 0 Å². The van der Waals surface area contributed by atoms with Crippen molar-refractivity contribution in [1.82, 2.24) is 4.90 Å². The van der Waals surface area contributed by atoms with E-state index in [1.165, 1.54) is 22.4 Å². The fourth-order valence-electron chi connectivity index (χ4n) is 3.08. The first-order chi connectivity index (χ1) is 9.58. The summed E-state index contributed by atoms with van der Waals surface area (Å²) >= 11 is 14.1. The molecule has 0 saturated carbocycles. The lowest BCUT2D eigenvalue weighted by atomic mass is 9.81. The van der Waals surface area contributed by atoms with Crippen LogP contribution in [0.15, 0.2) is 29.6 Å². The van der Waals surface area contributed by atoms with Crippen molar-refractivity contribution in [3.8, 4) is 0 Å². The van der Waals surface area contributed by atoms with Crippen LogP contribution >= 0.6 is 34.5 Å². The van der Waals surface area contributed by atoms with Crippen molar-refractivity contribution < 1.29 is 0 Å². The molecule has 1 aromatic carbocycles. The number of rotatable bonds is 2. The van der Waals surface area contributed by atoms with Crippen LogP contribution in [0, 0.1) is 0 Å².